The smallest absolute Gasteiger partial charge is 0.0234 e. The van der Waals surface area contributed by atoms with Gasteiger partial charge in [-0.3, -0.25) is 0 Å². The molecule has 5 aromatic rings. The Kier molecular flexibility index (Phi) is 8.60. The SMILES string of the molecule is PC(c1ccccc1)c1ccccc1.c1ccc(P(c2ccccc2)c2ccccc2)cc1. The van der Waals surface area contributed by atoms with Gasteiger partial charge in [-0.25, -0.2) is 0 Å². The highest BCUT2D eigenvalue weighted by atomic mass is 31.1. The van der Waals surface area contributed by atoms with Gasteiger partial charge in [0.05, 0.1) is 0 Å². The predicted octanol–water partition coefficient (Wildman–Crippen LogP) is 7.10. The molecule has 0 heterocycles. The average Bonchev–Trinajstić information content (AvgIpc) is 2.92. The Bertz CT molecular complexity index is 1060. The first-order chi connectivity index (χ1) is 16.3. The monoisotopic (exact) mass is 462 g/mol. The lowest BCUT2D eigenvalue weighted by atomic mass is 10.0. The Morgan fingerprint density at radius 2 is 0.606 bits per heavy atom. The van der Waals surface area contributed by atoms with Crippen molar-refractivity contribution in [3.63, 3.8) is 0 Å². The largest absolute Gasteiger partial charge is 0.125 e. The molecule has 0 N–H and O–H groups in total. The van der Waals surface area contributed by atoms with E-state index in [1.165, 1.54) is 27.0 Å². The summed E-state index contributed by atoms with van der Waals surface area (Å²) in [5.41, 5.74) is 3.07. The molecule has 162 valence electrons. The molecule has 5 rings (SSSR count). The van der Waals surface area contributed by atoms with Crippen molar-refractivity contribution in [1.29, 1.82) is 0 Å². The van der Waals surface area contributed by atoms with Crippen molar-refractivity contribution in [2.75, 3.05) is 0 Å². The van der Waals surface area contributed by atoms with Crippen molar-refractivity contribution >= 4 is 33.1 Å². The van der Waals surface area contributed by atoms with Crippen LogP contribution in [0.15, 0.2) is 152 Å². The molecule has 2 heteroatoms. The Morgan fingerprint density at radius 3 is 0.879 bits per heavy atom. The van der Waals surface area contributed by atoms with Gasteiger partial charge in [0, 0.05) is 5.66 Å². The second-order valence-corrected chi connectivity index (χ2v) is 10.5. The van der Waals surface area contributed by atoms with Crippen LogP contribution in [0.2, 0.25) is 0 Å². The van der Waals surface area contributed by atoms with E-state index in [0.717, 1.165) is 0 Å². The van der Waals surface area contributed by atoms with Crippen LogP contribution in [-0.4, -0.2) is 0 Å². The first-order valence-corrected chi connectivity index (χ1v) is 13.1. The molecule has 33 heavy (non-hydrogen) atoms. The first kappa shape index (κ1) is 23.1. The molecule has 0 bridgehead atoms. The number of hydrogen-bond donors (Lipinski definition) is 0. The van der Waals surface area contributed by atoms with Crippen molar-refractivity contribution in [2.24, 2.45) is 0 Å². The lowest BCUT2D eigenvalue weighted by Crippen LogP contribution is -2.20. The third-order valence-corrected chi connectivity index (χ3v) is 8.57. The molecule has 0 aliphatic heterocycles. The van der Waals surface area contributed by atoms with Gasteiger partial charge in [0.2, 0.25) is 0 Å². The average molecular weight is 463 g/mol. The van der Waals surface area contributed by atoms with Crippen LogP contribution >= 0.6 is 17.2 Å². The zero-order valence-corrected chi connectivity index (χ0v) is 20.6. The summed E-state index contributed by atoms with van der Waals surface area (Å²) in [5, 5.41) is 4.19. The summed E-state index contributed by atoms with van der Waals surface area (Å²) in [6, 6.07) is 53.4. The van der Waals surface area contributed by atoms with Gasteiger partial charge in [0.15, 0.2) is 0 Å². The van der Waals surface area contributed by atoms with E-state index in [2.05, 4.69) is 149 Å². The van der Waals surface area contributed by atoms with Gasteiger partial charge in [0.1, 0.15) is 0 Å². The minimum atomic E-state index is -0.446. The van der Waals surface area contributed by atoms with Gasteiger partial charge in [-0.15, -0.1) is 9.24 Å². The van der Waals surface area contributed by atoms with E-state index in [-0.39, 0.29) is 0 Å². The fraction of sp³-hybridized carbons (Fsp3) is 0.0323. The predicted molar refractivity (Wildman–Crippen MR) is 150 cm³/mol. The lowest BCUT2D eigenvalue weighted by molar-refractivity contribution is 1.16. The first-order valence-electron chi connectivity index (χ1n) is 11.1. The molecule has 1 atom stereocenters. The second kappa shape index (κ2) is 12.3. The van der Waals surface area contributed by atoms with Gasteiger partial charge in [-0.1, -0.05) is 152 Å². The summed E-state index contributed by atoms with van der Waals surface area (Å²) >= 11 is 0. The van der Waals surface area contributed by atoms with Crippen molar-refractivity contribution in [3.8, 4) is 0 Å². The number of benzene rings is 5. The molecule has 5 aromatic carbocycles. The molecule has 0 saturated heterocycles. The second-order valence-electron chi connectivity index (χ2n) is 7.64. The van der Waals surface area contributed by atoms with Crippen molar-refractivity contribution in [1.82, 2.24) is 0 Å². The van der Waals surface area contributed by atoms with Gasteiger partial charge in [-0.05, 0) is 35.0 Å². The quantitative estimate of drug-likeness (QED) is 0.245. The standard InChI is InChI=1S/C18H15P.C13H13P/c1-4-10-16(11-5-1)19(17-12-6-2-7-13-17)18-14-8-3-9-15-18;14-13(11-7-3-1-4-8-11)12-9-5-2-6-10-12/h1-15H;1-10,13H,14H2. The van der Waals surface area contributed by atoms with E-state index in [1.807, 2.05) is 12.1 Å². The van der Waals surface area contributed by atoms with Crippen LogP contribution in [0.5, 0.6) is 0 Å². The third kappa shape index (κ3) is 6.49. The zero-order chi connectivity index (χ0) is 22.7. The van der Waals surface area contributed by atoms with Crippen LogP contribution in [0.1, 0.15) is 16.8 Å². The van der Waals surface area contributed by atoms with Crippen molar-refractivity contribution in [3.05, 3.63) is 163 Å². The van der Waals surface area contributed by atoms with Crippen molar-refractivity contribution in [2.45, 2.75) is 5.66 Å². The summed E-state index contributed by atoms with van der Waals surface area (Å²) in [7, 11) is 2.44. The molecule has 0 aliphatic rings. The summed E-state index contributed by atoms with van der Waals surface area (Å²) in [6.45, 7) is 0. The fourth-order valence-electron chi connectivity index (χ4n) is 3.69. The topological polar surface area (TPSA) is 0 Å². The molecule has 1 unspecified atom stereocenters. The fourth-order valence-corrected chi connectivity index (χ4v) is 6.44. The Hall–Kier alpha value is -3.04. The van der Waals surface area contributed by atoms with E-state index in [0.29, 0.717) is 5.66 Å². The van der Waals surface area contributed by atoms with E-state index in [9.17, 15) is 0 Å². The van der Waals surface area contributed by atoms with Crippen LogP contribution < -0.4 is 15.9 Å². The minimum Gasteiger partial charge on any atom is -0.125 e. The lowest BCUT2D eigenvalue weighted by Gasteiger charge is -2.18. The number of rotatable bonds is 5. The summed E-state index contributed by atoms with van der Waals surface area (Å²) in [5.74, 6) is 0. The highest BCUT2D eigenvalue weighted by Crippen LogP contribution is 2.32. The minimum absolute atomic E-state index is 0.400. The van der Waals surface area contributed by atoms with E-state index in [1.54, 1.807) is 0 Å². The van der Waals surface area contributed by atoms with Crippen LogP contribution in [0, 0.1) is 0 Å². The highest BCUT2D eigenvalue weighted by molar-refractivity contribution is 7.79. The van der Waals surface area contributed by atoms with E-state index >= 15 is 0 Å². The molecule has 0 aromatic heterocycles. The van der Waals surface area contributed by atoms with Crippen molar-refractivity contribution < 1.29 is 0 Å². The third-order valence-electron chi connectivity index (χ3n) is 5.36. The Balaban J connectivity index is 0.000000165. The molecule has 0 spiro atoms. The summed E-state index contributed by atoms with van der Waals surface area (Å²) in [6.07, 6.45) is 0. The Labute approximate surface area is 201 Å². The van der Waals surface area contributed by atoms with E-state index < -0.39 is 7.92 Å². The maximum absolute atomic E-state index is 2.89. The van der Waals surface area contributed by atoms with Crippen LogP contribution in [-0.2, 0) is 0 Å². The molecular weight excluding hydrogens is 434 g/mol. The molecule has 0 fully saturated rings. The highest BCUT2D eigenvalue weighted by Gasteiger charge is 2.15. The van der Waals surface area contributed by atoms with Gasteiger partial charge in [-0.2, -0.15) is 0 Å². The zero-order valence-electron chi connectivity index (χ0n) is 18.5. The molecule has 0 saturated carbocycles. The van der Waals surface area contributed by atoms with Crippen LogP contribution in [0.25, 0.3) is 0 Å². The maximum Gasteiger partial charge on any atom is 0.0234 e. The van der Waals surface area contributed by atoms with E-state index in [4.69, 9.17) is 0 Å². The summed E-state index contributed by atoms with van der Waals surface area (Å²) < 4.78 is 0. The maximum atomic E-state index is 2.89. The molecular formula is C31H28P2. The molecule has 0 radical (unpaired) electrons. The summed E-state index contributed by atoms with van der Waals surface area (Å²) in [4.78, 5) is 0. The van der Waals surface area contributed by atoms with Crippen LogP contribution in [0.4, 0.5) is 0 Å². The molecule has 0 amide bonds. The van der Waals surface area contributed by atoms with Crippen LogP contribution in [0.3, 0.4) is 0 Å². The molecule has 0 nitrogen and oxygen atoms in total. The Morgan fingerprint density at radius 1 is 0.364 bits per heavy atom. The van der Waals surface area contributed by atoms with Gasteiger partial charge < -0.3 is 0 Å². The van der Waals surface area contributed by atoms with Gasteiger partial charge >= 0.3 is 0 Å². The molecule has 0 aliphatic carbocycles. The normalized spacial score (nSPS) is 10.5. The number of hydrogen-bond acceptors (Lipinski definition) is 0. The van der Waals surface area contributed by atoms with Gasteiger partial charge in [0.25, 0.3) is 0 Å².